The minimum atomic E-state index is 0.459. The van der Waals surface area contributed by atoms with E-state index in [2.05, 4.69) is 11.1 Å². The molecule has 3 rings (SSSR count). The number of nitrogens with zero attached hydrogens (tertiary/aromatic N) is 3. The van der Waals surface area contributed by atoms with Crippen molar-refractivity contribution in [2.24, 2.45) is 7.05 Å². The van der Waals surface area contributed by atoms with E-state index in [1.807, 2.05) is 54.1 Å². The van der Waals surface area contributed by atoms with Crippen LogP contribution in [0.4, 0.5) is 0 Å². The van der Waals surface area contributed by atoms with Crippen LogP contribution in [0.2, 0.25) is 0 Å². The van der Waals surface area contributed by atoms with Gasteiger partial charge < -0.3 is 14.0 Å². The number of fused-ring (bicyclic) bond motifs is 1. The summed E-state index contributed by atoms with van der Waals surface area (Å²) in [6, 6.07) is 15.5. The summed E-state index contributed by atoms with van der Waals surface area (Å²) in [5, 5.41) is 9.64. The molecule has 0 saturated heterocycles. The number of rotatable bonds is 4. The molecule has 24 heavy (non-hydrogen) atoms. The first kappa shape index (κ1) is 15.6. The first-order valence-electron chi connectivity index (χ1n) is 7.43. The van der Waals surface area contributed by atoms with Gasteiger partial charge in [-0.3, -0.25) is 0 Å². The van der Waals surface area contributed by atoms with Gasteiger partial charge in [-0.05, 0) is 36.4 Å². The Morgan fingerprint density at radius 1 is 1.17 bits per heavy atom. The SMILES string of the molecule is COc1ccc(OC)c(/C=C(/C#N)c2nc3ccccc3n2C)c1. The van der Waals surface area contributed by atoms with E-state index in [1.165, 1.54) is 0 Å². The summed E-state index contributed by atoms with van der Waals surface area (Å²) in [4.78, 5) is 4.58. The van der Waals surface area contributed by atoms with Gasteiger partial charge in [0.15, 0.2) is 5.82 Å². The molecule has 2 aromatic carbocycles. The third-order valence-electron chi connectivity index (χ3n) is 3.89. The molecule has 0 aliphatic rings. The van der Waals surface area contributed by atoms with Gasteiger partial charge >= 0.3 is 0 Å². The summed E-state index contributed by atoms with van der Waals surface area (Å²) in [5.74, 6) is 1.98. The molecule has 1 heterocycles. The third kappa shape index (κ3) is 2.70. The van der Waals surface area contributed by atoms with Gasteiger partial charge in [0.25, 0.3) is 0 Å². The van der Waals surface area contributed by atoms with Crippen LogP contribution in [0.15, 0.2) is 42.5 Å². The maximum absolute atomic E-state index is 9.64. The fraction of sp³-hybridized carbons (Fsp3) is 0.158. The molecule has 0 aliphatic carbocycles. The molecule has 0 unspecified atom stereocenters. The Morgan fingerprint density at radius 2 is 1.96 bits per heavy atom. The number of methoxy groups -OCH3 is 2. The first-order chi connectivity index (χ1) is 11.7. The van der Waals surface area contributed by atoms with Crippen molar-refractivity contribution in [3.05, 3.63) is 53.9 Å². The molecular weight excluding hydrogens is 302 g/mol. The standard InChI is InChI=1S/C19H17N3O2/c1-22-17-7-5-4-6-16(17)21-19(22)14(12-20)10-13-11-15(23-2)8-9-18(13)24-3/h4-11H,1-3H3/b14-10-. The van der Waals surface area contributed by atoms with Crippen LogP contribution < -0.4 is 9.47 Å². The molecule has 0 radical (unpaired) electrons. The Balaban J connectivity index is 2.16. The number of imidazole rings is 1. The molecule has 0 bridgehead atoms. The molecule has 5 heteroatoms. The highest BCUT2D eigenvalue weighted by atomic mass is 16.5. The van der Waals surface area contributed by atoms with Gasteiger partial charge in [-0.15, -0.1) is 0 Å². The molecule has 1 aromatic heterocycles. The molecule has 120 valence electrons. The minimum Gasteiger partial charge on any atom is -0.497 e. The third-order valence-corrected chi connectivity index (χ3v) is 3.89. The molecule has 3 aromatic rings. The highest BCUT2D eigenvalue weighted by molar-refractivity contribution is 5.91. The van der Waals surface area contributed by atoms with Crippen LogP contribution in [-0.4, -0.2) is 23.8 Å². The van der Waals surface area contributed by atoms with E-state index < -0.39 is 0 Å². The smallest absolute Gasteiger partial charge is 0.151 e. The average molecular weight is 319 g/mol. The fourth-order valence-electron chi connectivity index (χ4n) is 2.64. The number of nitriles is 1. The summed E-state index contributed by atoms with van der Waals surface area (Å²) in [6.07, 6.45) is 1.77. The molecule has 5 nitrogen and oxygen atoms in total. The second-order valence-corrected chi connectivity index (χ2v) is 5.26. The summed E-state index contributed by atoms with van der Waals surface area (Å²) < 4.78 is 12.6. The van der Waals surface area contributed by atoms with Crippen LogP contribution in [0.25, 0.3) is 22.7 Å². The zero-order valence-electron chi connectivity index (χ0n) is 13.8. The van der Waals surface area contributed by atoms with Gasteiger partial charge in [0.05, 0.1) is 30.8 Å². The molecule has 0 saturated carbocycles. The largest absolute Gasteiger partial charge is 0.497 e. The second-order valence-electron chi connectivity index (χ2n) is 5.26. The number of allylic oxidation sites excluding steroid dienone is 1. The van der Waals surface area contributed by atoms with Crippen LogP contribution in [0.1, 0.15) is 11.4 Å². The Kier molecular flexibility index (Phi) is 4.21. The van der Waals surface area contributed by atoms with Crippen LogP contribution in [-0.2, 0) is 7.05 Å². The molecule has 0 aliphatic heterocycles. The van der Waals surface area contributed by atoms with E-state index in [1.54, 1.807) is 20.3 Å². The lowest BCUT2D eigenvalue weighted by atomic mass is 10.1. The average Bonchev–Trinajstić information content (AvgIpc) is 2.96. The summed E-state index contributed by atoms with van der Waals surface area (Å²) in [6.45, 7) is 0. The van der Waals surface area contributed by atoms with Crippen molar-refractivity contribution in [1.29, 1.82) is 5.26 Å². The van der Waals surface area contributed by atoms with E-state index in [9.17, 15) is 5.26 Å². The molecule has 0 amide bonds. The Morgan fingerprint density at radius 3 is 2.62 bits per heavy atom. The van der Waals surface area contributed by atoms with Gasteiger partial charge in [0.1, 0.15) is 17.6 Å². The number of hydrogen-bond acceptors (Lipinski definition) is 4. The monoisotopic (exact) mass is 319 g/mol. The minimum absolute atomic E-state index is 0.459. The summed E-state index contributed by atoms with van der Waals surface area (Å²) in [5.41, 5.74) is 3.06. The maximum atomic E-state index is 9.64. The number of hydrogen-bond donors (Lipinski definition) is 0. The summed E-state index contributed by atoms with van der Waals surface area (Å²) >= 11 is 0. The van der Waals surface area contributed by atoms with Crippen molar-refractivity contribution in [2.75, 3.05) is 14.2 Å². The number of para-hydroxylation sites is 2. The highest BCUT2D eigenvalue weighted by Crippen LogP contribution is 2.29. The zero-order valence-corrected chi connectivity index (χ0v) is 13.8. The van der Waals surface area contributed by atoms with Crippen molar-refractivity contribution in [1.82, 2.24) is 9.55 Å². The second kappa shape index (κ2) is 6.47. The highest BCUT2D eigenvalue weighted by Gasteiger charge is 2.13. The predicted molar refractivity (Wildman–Crippen MR) is 93.7 cm³/mol. The van der Waals surface area contributed by atoms with E-state index in [4.69, 9.17) is 9.47 Å². The Hall–Kier alpha value is -3.26. The topological polar surface area (TPSA) is 60.1 Å². The fourth-order valence-corrected chi connectivity index (χ4v) is 2.64. The van der Waals surface area contributed by atoms with Crippen LogP contribution in [0.5, 0.6) is 11.5 Å². The van der Waals surface area contributed by atoms with Gasteiger partial charge in [-0.1, -0.05) is 12.1 Å². The van der Waals surface area contributed by atoms with E-state index >= 15 is 0 Å². The number of ether oxygens (including phenoxy) is 2. The number of benzene rings is 2. The lowest BCUT2D eigenvalue weighted by molar-refractivity contribution is 0.402. The molecule has 0 atom stereocenters. The molecular formula is C19H17N3O2. The Bertz CT molecular complexity index is 964. The van der Waals surface area contributed by atoms with Gasteiger partial charge in [-0.2, -0.15) is 5.26 Å². The van der Waals surface area contributed by atoms with Crippen molar-refractivity contribution in [3.8, 4) is 17.6 Å². The zero-order chi connectivity index (χ0) is 17.1. The van der Waals surface area contributed by atoms with Crippen LogP contribution in [0, 0.1) is 11.3 Å². The Labute approximate surface area is 140 Å². The van der Waals surface area contributed by atoms with E-state index in [0.717, 1.165) is 16.6 Å². The van der Waals surface area contributed by atoms with Crippen molar-refractivity contribution >= 4 is 22.7 Å². The van der Waals surface area contributed by atoms with E-state index in [-0.39, 0.29) is 0 Å². The van der Waals surface area contributed by atoms with Crippen LogP contribution >= 0.6 is 0 Å². The normalized spacial score (nSPS) is 11.3. The summed E-state index contributed by atoms with van der Waals surface area (Å²) in [7, 11) is 5.10. The lowest BCUT2D eigenvalue weighted by Gasteiger charge is -2.08. The van der Waals surface area contributed by atoms with Crippen molar-refractivity contribution in [2.45, 2.75) is 0 Å². The van der Waals surface area contributed by atoms with Gasteiger partial charge in [0.2, 0.25) is 0 Å². The number of aromatic nitrogens is 2. The maximum Gasteiger partial charge on any atom is 0.151 e. The first-order valence-corrected chi connectivity index (χ1v) is 7.43. The predicted octanol–water partition coefficient (Wildman–Crippen LogP) is 3.65. The number of aryl methyl sites for hydroxylation is 1. The van der Waals surface area contributed by atoms with Crippen molar-refractivity contribution < 1.29 is 9.47 Å². The van der Waals surface area contributed by atoms with Crippen molar-refractivity contribution in [3.63, 3.8) is 0 Å². The molecule has 0 N–H and O–H groups in total. The quantitative estimate of drug-likeness (QED) is 0.689. The van der Waals surface area contributed by atoms with E-state index in [0.29, 0.717) is 22.9 Å². The van der Waals surface area contributed by atoms with Gasteiger partial charge in [-0.25, -0.2) is 4.98 Å². The van der Waals surface area contributed by atoms with Gasteiger partial charge in [0, 0.05) is 12.6 Å². The molecule has 0 spiro atoms. The molecule has 0 fully saturated rings. The lowest BCUT2D eigenvalue weighted by Crippen LogP contribution is -1.97. The van der Waals surface area contributed by atoms with Crippen LogP contribution in [0.3, 0.4) is 0 Å².